The van der Waals surface area contributed by atoms with Gasteiger partial charge in [-0.15, -0.1) is 0 Å². The maximum absolute atomic E-state index is 13.0. The minimum absolute atomic E-state index is 0.00435. The summed E-state index contributed by atoms with van der Waals surface area (Å²) in [7, 11) is 0. The maximum Gasteiger partial charge on any atom is 0.317 e. The average Bonchev–Trinajstić information content (AvgIpc) is 2.78. The molecule has 1 heterocycles. The Bertz CT molecular complexity index is 837. The van der Waals surface area contributed by atoms with Crippen LogP contribution in [0, 0.1) is 12.8 Å². The summed E-state index contributed by atoms with van der Waals surface area (Å²) in [6.45, 7) is 5.79. The first-order chi connectivity index (χ1) is 14.6. The highest BCUT2D eigenvalue weighted by atomic mass is 16.2. The third kappa shape index (κ3) is 5.85. The Morgan fingerprint density at radius 1 is 1.03 bits per heavy atom. The number of aryl methyl sites for hydroxylation is 1. The van der Waals surface area contributed by atoms with E-state index < -0.39 is 0 Å². The molecule has 5 heteroatoms. The van der Waals surface area contributed by atoms with Crippen molar-refractivity contribution >= 4 is 11.9 Å². The Hall–Kier alpha value is -2.82. The predicted molar refractivity (Wildman–Crippen MR) is 120 cm³/mol. The van der Waals surface area contributed by atoms with Crippen LogP contribution in [-0.4, -0.2) is 29.9 Å². The summed E-state index contributed by atoms with van der Waals surface area (Å²) in [6, 6.07) is 18.2. The van der Waals surface area contributed by atoms with E-state index in [4.69, 9.17) is 0 Å². The van der Waals surface area contributed by atoms with Crippen LogP contribution in [0.5, 0.6) is 0 Å². The molecule has 0 saturated carbocycles. The summed E-state index contributed by atoms with van der Waals surface area (Å²) in [6.07, 6.45) is 3.55. The van der Waals surface area contributed by atoms with Crippen LogP contribution in [0.4, 0.5) is 4.79 Å². The molecule has 2 atom stereocenters. The van der Waals surface area contributed by atoms with Gasteiger partial charge in [-0.3, -0.25) is 4.79 Å². The van der Waals surface area contributed by atoms with Crippen LogP contribution in [0.25, 0.3) is 0 Å². The van der Waals surface area contributed by atoms with Gasteiger partial charge in [-0.05, 0) is 37.3 Å². The van der Waals surface area contributed by atoms with Crippen molar-refractivity contribution in [3.8, 4) is 0 Å². The van der Waals surface area contributed by atoms with Gasteiger partial charge in [-0.1, -0.05) is 73.5 Å². The second kappa shape index (κ2) is 10.8. The first-order valence-corrected chi connectivity index (χ1v) is 11.0. The average molecular weight is 408 g/mol. The smallest absolute Gasteiger partial charge is 0.317 e. The fourth-order valence-corrected chi connectivity index (χ4v) is 4.04. The summed E-state index contributed by atoms with van der Waals surface area (Å²) in [4.78, 5) is 27.7. The lowest BCUT2D eigenvalue weighted by molar-refractivity contribution is -0.126. The molecule has 0 spiro atoms. The van der Waals surface area contributed by atoms with E-state index in [9.17, 15) is 9.59 Å². The van der Waals surface area contributed by atoms with Gasteiger partial charge in [-0.25, -0.2) is 4.79 Å². The van der Waals surface area contributed by atoms with Crippen molar-refractivity contribution in [1.82, 2.24) is 15.5 Å². The summed E-state index contributed by atoms with van der Waals surface area (Å²) in [5, 5.41) is 6.09. The van der Waals surface area contributed by atoms with Gasteiger partial charge in [0.1, 0.15) is 0 Å². The molecular weight excluding hydrogens is 374 g/mol. The first-order valence-electron chi connectivity index (χ1n) is 11.0. The number of rotatable bonds is 7. The Labute approximate surface area is 179 Å². The monoisotopic (exact) mass is 407 g/mol. The van der Waals surface area contributed by atoms with Crippen molar-refractivity contribution < 1.29 is 9.59 Å². The molecule has 0 aromatic heterocycles. The maximum atomic E-state index is 13.0. The van der Waals surface area contributed by atoms with E-state index in [1.165, 1.54) is 5.56 Å². The quantitative estimate of drug-likeness (QED) is 0.660. The Balaban J connectivity index is 1.68. The van der Waals surface area contributed by atoms with Gasteiger partial charge < -0.3 is 15.5 Å². The Kier molecular flexibility index (Phi) is 7.89. The molecule has 30 heavy (non-hydrogen) atoms. The van der Waals surface area contributed by atoms with Gasteiger partial charge in [0.25, 0.3) is 0 Å². The van der Waals surface area contributed by atoms with Crippen molar-refractivity contribution in [1.29, 1.82) is 0 Å². The van der Waals surface area contributed by atoms with E-state index in [0.29, 0.717) is 19.6 Å². The summed E-state index contributed by atoms with van der Waals surface area (Å²) < 4.78 is 0. The van der Waals surface area contributed by atoms with E-state index >= 15 is 0 Å². The normalized spacial score (nSPS) is 18.7. The summed E-state index contributed by atoms with van der Waals surface area (Å²) in [5.41, 5.74) is 3.40. The topological polar surface area (TPSA) is 61.4 Å². The lowest BCUT2D eigenvalue weighted by Crippen LogP contribution is -2.50. The SMILES string of the molecule is CCCCNC(=O)N1C[C@@H](C(=O)NCc2ccccc2)CC[C@@H]1c1cccc(C)c1. The summed E-state index contributed by atoms with van der Waals surface area (Å²) >= 11 is 0. The van der Waals surface area contributed by atoms with Crippen LogP contribution in [0.2, 0.25) is 0 Å². The van der Waals surface area contributed by atoms with E-state index in [1.54, 1.807) is 0 Å². The van der Waals surface area contributed by atoms with Crippen LogP contribution >= 0.6 is 0 Å². The Morgan fingerprint density at radius 2 is 1.83 bits per heavy atom. The van der Waals surface area contributed by atoms with E-state index in [-0.39, 0.29) is 23.9 Å². The van der Waals surface area contributed by atoms with Gasteiger partial charge in [-0.2, -0.15) is 0 Å². The highest BCUT2D eigenvalue weighted by Gasteiger charge is 2.35. The molecule has 1 aliphatic rings. The molecule has 0 bridgehead atoms. The second-order valence-electron chi connectivity index (χ2n) is 8.15. The second-order valence-corrected chi connectivity index (χ2v) is 8.15. The highest BCUT2D eigenvalue weighted by molar-refractivity contribution is 5.81. The molecule has 1 aliphatic heterocycles. The molecule has 2 aromatic rings. The van der Waals surface area contributed by atoms with Crippen molar-refractivity contribution in [3.63, 3.8) is 0 Å². The molecule has 0 radical (unpaired) electrons. The van der Waals surface area contributed by atoms with Crippen LogP contribution < -0.4 is 10.6 Å². The number of nitrogens with zero attached hydrogens (tertiary/aromatic N) is 1. The fourth-order valence-electron chi connectivity index (χ4n) is 4.04. The highest BCUT2D eigenvalue weighted by Crippen LogP contribution is 2.34. The zero-order valence-corrected chi connectivity index (χ0v) is 18.1. The Morgan fingerprint density at radius 3 is 2.57 bits per heavy atom. The zero-order valence-electron chi connectivity index (χ0n) is 18.1. The van der Waals surface area contributed by atoms with Crippen molar-refractivity contribution in [2.24, 2.45) is 5.92 Å². The molecule has 5 nitrogen and oxygen atoms in total. The van der Waals surface area contributed by atoms with Crippen LogP contribution in [0.15, 0.2) is 54.6 Å². The van der Waals surface area contributed by atoms with E-state index in [1.807, 2.05) is 41.3 Å². The summed E-state index contributed by atoms with van der Waals surface area (Å²) in [5.74, 6) is -0.167. The molecule has 1 saturated heterocycles. The van der Waals surface area contributed by atoms with E-state index in [0.717, 1.165) is 36.8 Å². The predicted octanol–water partition coefficient (Wildman–Crippen LogP) is 4.57. The molecule has 0 unspecified atom stereocenters. The number of carbonyl (C=O) groups excluding carboxylic acids is 2. The molecule has 3 amide bonds. The number of urea groups is 1. The zero-order chi connectivity index (χ0) is 21.3. The van der Waals surface area contributed by atoms with Gasteiger partial charge in [0.15, 0.2) is 0 Å². The number of benzene rings is 2. The number of hydrogen-bond donors (Lipinski definition) is 2. The molecule has 2 aromatic carbocycles. The van der Waals surface area contributed by atoms with Crippen LogP contribution in [0.3, 0.4) is 0 Å². The van der Waals surface area contributed by atoms with Crippen molar-refractivity contribution in [2.45, 2.75) is 52.1 Å². The number of unbranched alkanes of at least 4 members (excludes halogenated alkanes) is 1. The van der Waals surface area contributed by atoms with Gasteiger partial charge in [0.2, 0.25) is 5.91 Å². The molecular formula is C25H33N3O2. The molecule has 2 N–H and O–H groups in total. The first kappa shape index (κ1) is 21.9. The van der Waals surface area contributed by atoms with Gasteiger partial charge in [0.05, 0.1) is 12.0 Å². The lowest BCUT2D eigenvalue weighted by atomic mass is 9.88. The molecule has 1 fully saturated rings. The van der Waals surface area contributed by atoms with Crippen LogP contribution in [-0.2, 0) is 11.3 Å². The minimum atomic E-state index is -0.188. The van der Waals surface area contributed by atoms with E-state index in [2.05, 4.69) is 42.7 Å². The lowest BCUT2D eigenvalue weighted by Gasteiger charge is -2.39. The van der Waals surface area contributed by atoms with Gasteiger partial charge >= 0.3 is 6.03 Å². The van der Waals surface area contributed by atoms with Crippen LogP contribution in [0.1, 0.15) is 55.3 Å². The number of carbonyl (C=O) groups is 2. The third-order valence-corrected chi connectivity index (χ3v) is 5.76. The third-order valence-electron chi connectivity index (χ3n) is 5.76. The standard InChI is InChI=1S/C25H33N3O2/c1-3-4-15-26-25(30)28-18-22(24(29)27-17-20-10-6-5-7-11-20)13-14-23(28)21-12-8-9-19(2)16-21/h5-12,16,22-23H,3-4,13-15,17-18H2,1-2H3,(H,26,30)(H,27,29)/t22-,23+/m0/s1. The number of piperidine rings is 1. The van der Waals surface area contributed by atoms with Crippen molar-refractivity contribution in [3.05, 3.63) is 71.3 Å². The molecule has 0 aliphatic carbocycles. The molecule has 3 rings (SSSR count). The molecule has 160 valence electrons. The van der Waals surface area contributed by atoms with Crippen molar-refractivity contribution in [2.75, 3.05) is 13.1 Å². The number of likely N-dealkylation sites (tertiary alicyclic amines) is 1. The minimum Gasteiger partial charge on any atom is -0.352 e. The number of hydrogen-bond acceptors (Lipinski definition) is 2. The number of amides is 3. The number of nitrogens with one attached hydrogen (secondary N) is 2. The van der Waals surface area contributed by atoms with Gasteiger partial charge in [0, 0.05) is 19.6 Å². The fraction of sp³-hybridized carbons (Fsp3) is 0.440. The largest absolute Gasteiger partial charge is 0.352 e.